The van der Waals surface area contributed by atoms with Crippen molar-refractivity contribution in [3.63, 3.8) is 0 Å². The zero-order chi connectivity index (χ0) is 13.3. The molecule has 0 amide bonds. The summed E-state index contributed by atoms with van der Waals surface area (Å²) < 4.78 is 7.33. The van der Waals surface area contributed by atoms with Crippen LogP contribution in [0, 0.1) is 5.41 Å². The van der Waals surface area contributed by atoms with Crippen LogP contribution in [0.3, 0.4) is 0 Å². The number of imidazole rings is 1. The standard InChI is InChI=1S/C14H21N3O/c1-5-14(2,3)9-17-12-8-10(18-4)6-7-11(12)16-13(17)15/h6-8H,5,9H2,1-4H3,(H2,15,16). The van der Waals surface area contributed by atoms with E-state index in [-0.39, 0.29) is 5.41 Å². The van der Waals surface area contributed by atoms with Crippen LogP contribution in [0.2, 0.25) is 0 Å². The molecule has 2 rings (SSSR count). The van der Waals surface area contributed by atoms with Crippen molar-refractivity contribution in [1.82, 2.24) is 9.55 Å². The molecule has 4 nitrogen and oxygen atoms in total. The van der Waals surface area contributed by atoms with Crippen LogP contribution < -0.4 is 10.5 Å². The number of methoxy groups -OCH3 is 1. The molecular formula is C14H21N3O. The number of nitrogen functional groups attached to an aromatic ring is 1. The molecule has 0 aliphatic rings. The second kappa shape index (κ2) is 4.52. The SMILES string of the molecule is CCC(C)(C)Cn1c(N)nc2ccc(OC)cc21. The fourth-order valence-corrected chi connectivity index (χ4v) is 1.95. The maximum absolute atomic E-state index is 6.02. The van der Waals surface area contributed by atoms with E-state index in [1.807, 2.05) is 18.2 Å². The van der Waals surface area contributed by atoms with Gasteiger partial charge in [0.2, 0.25) is 5.95 Å². The number of aromatic nitrogens is 2. The highest BCUT2D eigenvalue weighted by atomic mass is 16.5. The summed E-state index contributed by atoms with van der Waals surface area (Å²) >= 11 is 0. The first-order valence-corrected chi connectivity index (χ1v) is 6.26. The lowest BCUT2D eigenvalue weighted by Gasteiger charge is -2.24. The lowest BCUT2D eigenvalue weighted by molar-refractivity contribution is 0.300. The molecule has 98 valence electrons. The van der Waals surface area contributed by atoms with Crippen LogP contribution in [-0.2, 0) is 6.54 Å². The molecule has 0 saturated carbocycles. The zero-order valence-corrected chi connectivity index (χ0v) is 11.5. The smallest absolute Gasteiger partial charge is 0.201 e. The fraction of sp³-hybridized carbons (Fsp3) is 0.500. The molecule has 1 heterocycles. The molecular weight excluding hydrogens is 226 g/mol. The van der Waals surface area contributed by atoms with E-state index in [9.17, 15) is 0 Å². The lowest BCUT2D eigenvalue weighted by Crippen LogP contribution is -2.19. The first-order valence-electron chi connectivity index (χ1n) is 6.26. The molecule has 0 aliphatic heterocycles. The van der Waals surface area contributed by atoms with Gasteiger partial charge in [-0.25, -0.2) is 4.98 Å². The number of hydrogen-bond donors (Lipinski definition) is 1. The Morgan fingerprint density at radius 3 is 2.72 bits per heavy atom. The molecule has 0 bridgehead atoms. The van der Waals surface area contributed by atoms with Crippen molar-refractivity contribution in [2.75, 3.05) is 12.8 Å². The summed E-state index contributed by atoms with van der Waals surface area (Å²) in [6.45, 7) is 7.52. The zero-order valence-electron chi connectivity index (χ0n) is 11.5. The molecule has 2 N–H and O–H groups in total. The highest BCUT2D eigenvalue weighted by molar-refractivity contribution is 5.79. The van der Waals surface area contributed by atoms with E-state index < -0.39 is 0 Å². The van der Waals surface area contributed by atoms with Gasteiger partial charge in [-0.3, -0.25) is 0 Å². The highest BCUT2D eigenvalue weighted by Crippen LogP contribution is 2.29. The Labute approximate surface area is 108 Å². The molecule has 18 heavy (non-hydrogen) atoms. The number of rotatable bonds is 4. The van der Waals surface area contributed by atoms with Crippen LogP contribution in [0.4, 0.5) is 5.95 Å². The van der Waals surface area contributed by atoms with Gasteiger partial charge < -0.3 is 15.0 Å². The van der Waals surface area contributed by atoms with Crippen molar-refractivity contribution in [2.45, 2.75) is 33.7 Å². The number of hydrogen-bond acceptors (Lipinski definition) is 3. The second-order valence-corrected chi connectivity index (χ2v) is 5.43. The number of nitrogens with two attached hydrogens (primary N) is 1. The van der Waals surface area contributed by atoms with Crippen molar-refractivity contribution in [3.05, 3.63) is 18.2 Å². The van der Waals surface area contributed by atoms with Gasteiger partial charge in [0.05, 0.1) is 18.1 Å². The minimum Gasteiger partial charge on any atom is -0.497 e. The molecule has 0 unspecified atom stereocenters. The largest absolute Gasteiger partial charge is 0.497 e. The molecule has 0 fully saturated rings. The van der Waals surface area contributed by atoms with Crippen molar-refractivity contribution in [1.29, 1.82) is 0 Å². The van der Waals surface area contributed by atoms with Crippen LogP contribution in [0.5, 0.6) is 5.75 Å². The maximum atomic E-state index is 6.02. The van der Waals surface area contributed by atoms with Gasteiger partial charge in [-0.15, -0.1) is 0 Å². The Hall–Kier alpha value is -1.71. The van der Waals surface area contributed by atoms with E-state index in [1.54, 1.807) is 7.11 Å². The molecule has 1 aromatic heterocycles. The minimum absolute atomic E-state index is 0.199. The molecule has 2 aromatic rings. The van der Waals surface area contributed by atoms with Crippen LogP contribution in [0.25, 0.3) is 11.0 Å². The topological polar surface area (TPSA) is 53.1 Å². The highest BCUT2D eigenvalue weighted by Gasteiger charge is 2.19. The Bertz CT molecular complexity index is 557. The Morgan fingerprint density at radius 1 is 1.39 bits per heavy atom. The van der Waals surface area contributed by atoms with Crippen molar-refractivity contribution in [2.24, 2.45) is 5.41 Å². The Kier molecular flexibility index (Phi) is 3.20. The molecule has 1 aromatic carbocycles. The van der Waals surface area contributed by atoms with Gasteiger partial charge in [0.15, 0.2) is 0 Å². The van der Waals surface area contributed by atoms with Gasteiger partial charge in [0.25, 0.3) is 0 Å². The van der Waals surface area contributed by atoms with Gasteiger partial charge >= 0.3 is 0 Å². The summed E-state index contributed by atoms with van der Waals surface area (Å²) in [4.78, 5) is 4.39. The summed E-state index contributed by atoms with van der Waals surface area (Å²) in [5, 5.41) is 0. The van der Waals surface area contributed by atoms with Crippen LogP contribution in [0.1, 0.15) is 27.2 Å². The minimum atomic E-state index is 0.199. The van der Waals surface area contributed by atoms with Crippen molar-refractivity contribution >= 4 is 17.0 Å². The number of anilines is 1. The normalized spacial score (nSPS) is 12.0. The van der Waals surface area contributed by atoms with E-state index in [2.05, 4.69) is 30.3 Å². The van der Waals surface area contributed by atoms with E-state index >= 15 is 0 Å². The summed E-state index contributed by atoms with van der Waals surface area (Å²) in [5.74, 6) is 1.40. The van der Waals surface area contributed by atoms with E-state index in [0.717, 1.165) is 29.7 Å². The Morgan fingerprint density at radius 2 is 2.11 bits per heavy atom. The number of ether oxygens (including phenoxy) is 1. The fourth-order valence-electron chi connectivity index (χ4n) is 1.95. The third-order valence-corrected chi connectivity index (χ3v) is 3.53. The molecule has 0 atom stereocenters. The molecule has 0 radical (unpaired) electrons. The molecule has 0 saturated heterocycles. The predicted octanol–water partition coefficient (Wildman–Crippen LogP) is 3.06. The van der Waals surface area contributed by atoms with Gasteiger partial charge in [-0.2, -0.15) is 0 Å². The van der Waals surface area contributed by atoms with E-state index in [4.69, 9.17) is 10.5 Å². The average Bonchev–Trinajstić information content (AvgIpc) is 2.65. The van der Waals surface area contributed by atoms with Crippen LogP contribution in [-0.4, -0.2) is 16.7 Å². The molecule has 4 heteroatoms. The summed E-state index contributed by atoms with van der Waals surface area (Å²) in [7, 11) is 1.67. The Balaban J connectivity index is 2.51. The number of nitrogens with zero attached hydrogens (tertiary/aromatic N) is 2. The van der Waals surface area contributed by atoms with Gasteiger partial charge in [-0.1, -0.05) is 20.8 Å². The number of fused-ring (bicyclic) bond motifs is 1. The van der Waals surface area contributed by atoms with Crippen molar-refractivity contribution < 1.29 is 4.74 Å². The first kappa shape index (κ1) is 12.7. The summed E-state index contributed by atoms with van der Waals surface area (Å²) in [5.41, 5.74) is 8.17. The van der Waals surface area contributed by atoms with E-state index in [1.165, 1.54) is 0 Å². The van der Waals surface area contributed by atoms with Gasteiger partial charge in [0, 0.05) is 12.6 Å². The van der Waals surface area contributed by atoms with Crippen LogP contribution in [0.15, 0.2) is 18.2 Å². The quantitative estimate of drug-likeness (QED) is 0.903. The predicted molar refractivity (Wildman–Crippen MR) is 74.8 cm³/mol. The maximum Gasteiger partial charge on any atom is 0.201 e. The molecule has 0 aliphatic carbocycles. The van der Waals surface area contributed by atoms with E-state index in [0.29, 0.717) is 5.95 Å². The third-order valence-electron chi connectivity index (χ3n) is 3.53. The van der Waals surface area contributed by atoms with Gasteiger partial charge in [-0.05, 0) is 24.0 Å². The third kappa shape index (κ3) is 2.28. The monoisotopic (exact) mass is 247 g/mol. The first-order chi connectivity index (χ1) is 8.46. The van der Waals surface area contributed by atoms with Crippen molar-refractivity contribution in [3.8, 4) is 5.75 Å². The average molecular weight is 247 g/mol. The van der Waals surface area contributed by atoms with Gasteiger partial charge in [0.1, 0.15) is 5.75 Å². The number of benzene rings is 1. The summed E-state index contributed by atoms with van der Waals surface area (Å²) in [6.07, 6.45) is 1.09. The summed E-state index contributed by atoms with van der Waals surface area (Å²) in [6, 6.07) is 5.84. The lowest BCUT2D eigenvalue weighted by atomic mass is 9.90. The second-order valence-electron chi connectivity index (χ2n) is 5.43. The molecule has 0 spiro atoms. The van der Waals surface area contributed by atoms with Crippen LogP contribution >= 0.6 is 0 Å².